The second-order valence-corrected chi connectivity index (χ2v) is 7.01. The Labute approximate surface area is 123 Å². The number of carbonyl (C=O) groups is 1. The van der Waals surface area contributed by atoms with Crippen molar-refractivity contribution in [3.63, 3.8) is 0 Å². The normalized spacial score (nSPS) is 23.4. The monoisotopic (exact) mass is 293 g/mol. The van der Waals surface area contributed by atoms with E-state index >= 15 is 0 Å². The lowest BCUT2D eigenvalue weighted by molar-refractivity contribution is -0.131. The summed E-state index contributed by atoms with van der Waals surface area (Å²) in [7, 11) is 0. The van der Waals surface area contributed by atoms with E-state index in [0.717, 1.165) is 37.2 Å². The van der Waals surface area contributed by atoms with Crippen LogP contribution in [-0.4, -0.2) is 29.6 Å². The second-order valence-electron chi connectivity index (χ2n) is 5.70. The summed E-state index contributed by atoms with van der Waals surface area (Å²) in [6.07, 6.45) is 4.00. The number of carbonyl (C=O) groups excluding carboxylic acids is 1. The summed E-state index contributed by atoms with van der Waals surface area (Å²) in [6.45, 7) is 1.57. The SMILES string of the molecule is O=C(CC1CC1)N1CCSC(c2ccccc2F)CC1. The van der Waals surface area contributed by atoms with Crippen LogP contribution in [0.3, 0.4) is 0 Å². The first kappa shape index (κ1) is 13.9. The minimum atomic E-state index is -0.122. The molecule has 1 atom stereocenters. The summed E-state index contributed by atoms with van der Waals surface area (Å²) in [5.41, 5.74) is 0.786. The second kappa shape index (κ2) is 6.17. The van der Waals surface area contributed by atoms with Crippen LogP contribution in [0.15, 0.2) is 24.3 Å². The van der Waals surface area contributed by atoms with E-state index in [1.54, 1.807) is 17.8 Å². The molecule has 0 spiro atoms. The number of hydrogen-bond acceptors (Lipinski definition) is 2. The Bertz CT molecular complexity index is 489. The van der Waals surface area contributed by atoms with E-state index in [1.807, 2.05) is 17.0 Å². The van der Waals surface area contributed by atoms with Crippen molar-refractivity contribution >= 4 is 17.7 Å². The molecular weight excluding hydrogens is 273 g/mol. The number of rotatable bonds is 3. The molecule has 4 heteroatoms. The van der Waals surface area contributed by atoms with Gasteiger partial charge >= 0.3 is 0 Å². The molecule has 1 heterocycles. The number of hydrogen-bond donors (Lipinski definition) is 0. The number of nitrogens with zero attached hydrogens (tertiary/aromatic N) is 1. The highest BCUT2D eigenvalue weighted by Gasteiger charge is 2.29. The molecule has 3 rings (SSSR count). The van der Waals surface area contributed by atoms with Gasteiger partial charge in [-0.1, -0.05) is 18.2 Å². The third-order valence-corrected chi connectivity index (χ3v) is 5.42. The summed E-state index contributed by atoms with van der Waals surface area (Å²) in [6, 6.07) is 7.01. The molecule has 1 amide bonds. The molecule has 1 saturated heterocycles. The highest BCUT2D eigenvalue weighted by atomic mass is 32.2. The zero-order valence-corrected chi connectivity index (χ0v) is 12.4. The first-order valence-electron chi connectivity index (χ1n) is 7.38. The Morgan fingerprint density at radius 1 is 1.25 bits per heavy atom. The molecule has 1 unspecified atom stereocenters. The van der Waals surface area contributed by atoms with Gasteiger partial charge in [-0.3, -0.25) is 4.79 Å². The average Bonchev–Trinajstić information content (AvgIpc) is 3.25. The molecule has 1 aromatic carbocycles. The number of halogens is 1. The lowest BCUT2D eigenvalue weighted by Crippen LogP contribution is -2.33. The van der Waals surface area contributed by atoms with Gasteiger partial charge < -0.3 is 4.90 Å². The van der Waals surface area contributed by atoms with Gasteiger partial charge in [0.2, 0.25) is 5.91 Å². The fraction of sp³-hybridized carbons (Fsp3) is 0.562. The van der Waals surface area contributed by atoms with Gasteiger partial charge in [0.15, 0.2) is 0 Å². The van der Waals surface area contributed by atoms with Crippen molar-refractivity contribution in [2.24, 2.45) is 5.92 Å². The van der Waals surface area contributed by atoms with Crippen LogP contribution in [0.4, 0.5) is 4.39 Å². The number of benzene rings is 1. The summed E-state index contributed by atoms with van der Waals surface area (Å²) >= 11 is 1.77. The van der Waals surface area contributed by atoms with Gasteiger partial charge in [0.25, 0.3) is 0 Å². The predicted octanol–water partition coefficient (Wildman–Crippen LogP) is 3.63. The minimum absolute atomic E-state index is 0.122. The standard InChI is InChI=1S/C16H20FNOS/c17-14-4-2-1-3-13(14)15-7-8-18(9-10-20-15)16(19)11-12-5-6-12/h1-4,12,15H,5-11H2. The van der Waals surface area contributed by atoms with Crippen LogP contribution < -0.4 is 0 Å². The van der Waals surface area contributed by atoms with Crippen molar-refractivity contribution < 1.29 is 9.18 Å². The van der Waals surface area contributed by atoms with E-state index in [2.05, 4.69) is 0 Å². The van der Waals surface area contributed by atoms with E-state index in [0.29, 0.717) is 11.8 Å². The van der Waals surface area contributed by atoms with Crippen molar-refractivity contribution in [2.75, 3.05) is 18.8 Å². The van der Waals surface area contributed by atoms with Gasteiger partial charge in [-0.15, -0.1) is 0 Å². The summed E-state index contributed by atoms with van der Waals surface area (Å²) in [5.74, 6) is 1.71. The molecule has 2 fully saturated rings. The molecule has 108 valence electrons. The largest absolute Gasteiger partial charge is 0.342 e. The molecule has 2 aliphatic rings. The Morgan fingerprint density at radius 2 is 2.05 bits per heavy atom. The lowest BCUT2D eigenvalue weighted by Gasteiger charge is -2.20. The smallest absolute Gasteiger partial charge is 0.222 e. The van der Waals surface area contributed by atoms with Crippen LogP contribution in [0.2, 0.25) is 0 Å². The third-order valence-electron chi connectivity index (χ3n) is 4.11. The molecular formula is C16H20FNOS. The van der Waals surface area contributed by atoms with Crippen molar-refractivity contribution in [1.29, 1.82) is 0 Å². The predicted molar refractivity (Wildman–Crippen MR) is 80.1 cm³/mol. The van der Waals surface area contributed by atoms with Crippen LogP contribution in [0.25, 0.3) is 0 Å². The van der Waals surface area contributed by atoms with Crippen LogP contribution >= 0.6 is 11.8 Å². The van der Waals surface area contributed by atoms with Crippen LogP contribution in [-0.2, 0) is 4.79 Å². The van der Waals surface area contributed by atoms with E-state index in [-0.39, 0.29) is 11.1 Å². The molecule has 1 aliphatic heterocycles. The zero-order chi connectivity index (χ0) is 13.9. The molecule has 1 aliphatic carbocycles. The van der Waals surface area contributed by atoms with Crippen LogP contribution in [0.5, 0.6) is 0 Å². The quantitative estimate of drug-likeness (QED) is 0.848. The van der Waals surface area contributed by atoms with E-state index < -0.39 is 0 Å². The molecule has 0 N–H and O–H groups in total. The van der Waals surface area contributed by atoms with Crippen molar-refractivity contribution in [3.8, 4) is 0 Å². The van der Waals surface area contributed by atoms with Crippen molar-refractivity contribution in [3.05, 3.63) is 35.6 Å². The molecule has 1 saturated carbocycles. The summed E-state index contributed by atoms with van der Waals surface area (Å²) < 4.78 is 13.8. The molecule has 20 heavy (non-hydrogen) atoms. The van der Waals surface area contributed by atoms with Crippen LogP contribution in [0, 0.1) is 11.7 Å². The van der Waals surface area contributed by atoms with Gasteiger partial charge in [-0.2, -0.15) is 11.8 Å². The topological polar surface area (TPSA) is 20.3 Å². The van der Waals surface area contributed by atoms with Gasteiger partial charge in [0, 0.05) is 36.1 Å². The van der Waals surface area contributed by atoms with Gasteiger partial charge in [0.05, 0.1) is 0 Å². The van der Waals surface area contributed by atoms with E-state index in [4.69, 9.17) is 0 Å². The maximum atomic E-state index is 13.8. The fourth-order valence-electron chi connectivity index (χ4n) is 2.70. The summed E-state index contributed by atoms with van der Waals surface area (Å²) in [4.78, 5) is 14.1. The molecule has 0 aromatic heterocycles. The Hall–Kier alpha value is -1.03. The zero-order valence-electron chi connectivity index (χ0n) is 11.6. The molecule has 0 radical (unpaired) electrons. The molecule has 1 aromatic rings. The van der Waals surface area contributed by atoms with Gasteiger partial charge in [0.1, 0.15) is 5.82 Å². The first-order valence-corrected chi connectivity index (χ1v) is 8.42. The lowest BCUT2D eigenvalue weighted by atomic mass is 10.1. The van der Waals surface area contributed by atoms with Crippen molar-refractivity contribution in [1.82, 2.24) is 4.90 Å². The minimum Gasteiger partial charge on any atom is -0.342 e. The number of amides is 1. The van der Waals surface area contributed by atoms with Crippen molar-refractivity contribution in [2.45, 2.75) is 30.9 Å². The highest BCUT2D eigenvalue weighted by Crippen LogP contribution is 2.37. The Balaban J connectivity index is 1.61. The Morgan fingerprint density at radius 3 is 2.80 bits per heavy atom. The highest BCUT2D eigenvalue weighted by molar-refractivity contribution is 7.99. The van der Waals surface area contributed by atoms with Crippen LogP contribution in [0.1, 0.15) is 36.5 Å². The molecule has 2 nitrogen and oxygen atoms in total. The maximum Gasteiger partial charge on any atom is 0.222 e. The Kier molecular flexibility index (Phi) is 4.29. The first-order chi connectivity index (χ1) is 9.74. The third kappa shape index (κ3) is 3.35. The average molecular weight is 293 g/mol. The molecule has 0 bridgehead atoms. The van der Waals surface area contributed by atoms with E-state index in [9.17, 15) is 9.18 Å². The van der Waals surface area contributed by atoms with Gasteiger partial charge in [-0.05, 0) is 31.2 Å². The van der Waals surface area contributed by atoms with E-state index in [1.165, 1.54) is 18.9 Å². The summed E-state index contributed by atoms with van der Waals surface area (Å²) in [5, 5.41) is 0.176. The maximum absolute atomic E-state index is 13.8. The fourth-order valence-corrected chi connectivity index (χ4v) is 3.96. The van der Waals surface area contributed by atoms with Gasteiger partial charge in [-0.25, -0.2) is 4.39 Å². The number of thioether (sulfide) groups is 1.